The Morgan fingerprint density at radius 3 is 2.32 bits per heavy atom. The molecule has 0 aromatic heterocycles. The van der Waals surface area contributed by atoms with Crippen LogP contribution >= 0.6 is 23.2 Å². The average molecular weight is 309 g/mol. The maximum Gasteiger partial charge on any atom is 0.326 e. The standard InChI is InChI=1S/C11H11Cl2FN2O3/c1-2-8(10(17)18)16-11(19)15-5-3-6(12)9(14)7(13)4-5/h3-4,8H,2H2,1H3,(H,17,18)(H2,15,16,19)/t8-/m0/s1. The lowest BCUT2D eigenvalue weighted by molar-refractivity contribution is -0.139. The summed E-state index contributed by atoms with van der Waals surface area (Å²) in [7, 11) is 0. The number of carboxylic acid groups (broad SMARTS) is 1. The van der Waals surface area contributed by atoms with Crippen molar-refractivity contribution in [2.75, 3.05) is 5.32 Å². The van der Waals surface area contributed by atoms with Gasteiger partial charge in [0, 0.05) is 5.69 Å². The van der Waals surface area contributed by atoms with Gasteiger partial charge in [-0.1, -0.05) is 30.1 Å². The lowest BCUT2D eigenvalue weighted by Crippen LogP contribution is -2.42. The molecule has 0 radical (unpaired) electrons. The first-order valence-corrected chi connectivity index (χ1v) is 6.05. The van der Waals surface area contributed by atoms with Crippen molar-refractivity contribution >= 4 is 40.9 Å². The molecule has 3 N–H and O–H groups in total. The van der Waals surface area contributed by atoms with E-state index in [-0.39, 0.29) is 22.2 Å². The third kappa shape index (κ3) is 4.25. The molecule has 0 aliphatic heterocycles. The number of nitrogens with one attached hydrogen (secondary N) is 2. The van der Waals surface area contributed by atoms with E-state index in [0.29, 0.717) is 0 Å². The minimum atomic E-state index is -1.15. The molecule has 0 bridgehead atoms. The summed E-state index contributed by atoms with van der Waals surface area (Å²) in [4.78, 5) is 22.3. The fraction of sp³-hybridized carbons (Fsp3) is 0.273. The molecule has 0 aliphatic carbocycles. The summed E-state index contributed by atoms with van der Waals surface area (Å²) < 4.78 is 13.1. The molecule has 104 valence electrons. The van der Waals surface area contributed by atoms with Gasteiger partial charge in [-0.15, -0.1) is 0 Å². The van der Waals surface area contributed by atoms with Gasteiger partial charge in [0.15, 0.2) is 5.82 Å². The van der Waals surface area contributed by atoms with E-state index in [1.165, 1.54) is 12.1 Å². The largest absolute Gasteiger partial charge is 0.480 e. The third-order valence-electron chi connectivity index (χ3n) is 2.25. The highest BCUT2D eigenvalue weighted by molar-refractivity contribution is 6.35. The number of carbonyl (C=O) groups is 2. The van der Waals surface area contributed by atoms with Crippen LogP contribution in [0.25, 0.3) is 0 Å². The second-order valence-electron chi connectivity index (χ2n) is 3.65. The molecule has 2 amide bonds. The minimum Gasteiger partial charge on any atom is -0.480 e. The van der Waals surface area contributed by atoms with E-state index in [9.17, 15) is 14.0 Å². The Balaban J connectivity index is 2.75. The molecular weight excluding hydrogens is 298 g/mol. The van der Waals surface area contributed by atoms with E-state index in [4.69, 9.17) is 28.3 Å². The van der Waals surface area contributed by atoms with Gasteiger partial charge >= 0.3 is 12.0 Å². The number of hydrogen-bond donors (Lipinski definition) is 3. The molecule has 1 aromatic carbocycles. The zero-order valence-electron chi connectivity index (χ0n) is 9.84. The zero-order chi connectivity index (χ0) is 14.6. The van der Waals surface area contributed by atoms with Gasteiger partial charge in [-0.25, -0.2) is 14.0 Å². The highest BCUT2D eigenvalue weighted by Gasteiger charge is 2.18. The number of rotatable bonds is 4. The summed E-state index contributed by atoms with van der Waals surface area (Å²) in [6.45, 7) is 1.62. The Labute approximate surface area is 118 Å². The third-order valence-corrected chi connectivity index (χ3v) is 2.80. The first-order valence-electron chi connectivity index (χ1n) is 5.30. The van der Waals surface area contributed by atoms with E-state index in [2.05, 4.69) is 10.6 Å². The van der Waals surface area contributed by atoms with Crippen LogP contribution in [0.5, 0.6) is 0 Å². The van der Waals surface area contributed by atoms with Crippen molar-refractivity contribution in [3.05, 3.63) is 28.0 Å². The minimum absolute atomic E-state index is 0.161. The van der Waals surface area contributed by atoms with Gasteiger partial charge in [-0.3, -0.25) is 0 Å². The Morgan fingerprint density at radius 2 is 1.89 bits per heavy atom. The Kier molecular flexibility index (Phi) is 5.38. The number of anilines is 1. The summed E-state index contributed by atoms with van der Waals surface area (Å²) in [6.07, 6.45) is 0.230. The number of carbonyl (C=O) groups excluding carboxylic acids is 1. The van der Waals surface area contributed by atoms with E-state index < -0.39 is 23.9 Å². The topological polar surface area (TPSA) is 78.4 Å². The maximum absolute atomic E-state index is 13.1. The molecule has 1 atom stereocenters. The Bertz CT molecular complexity index is 488. The summed E-state index contributed by atoms with van der Waals surface area (Å²) >= 11 is 11.1. The highest BCUT2D eigenvalue weighted by atomic mass is 35.5. The molecule has 0 spiro atoms. The van der Waals surface area contributed by atoms with Crippen molar-refractivity contribution in [2.45, 2.75) is 19.4 Å². The summed E-state index contributed by atoms with van der Waals surface area (Å²) in [6, 6.07) is 0.591. The summed E-state index contributed by atoms with van der Waals surface area (Å²) in [5.41, 5.74) is 0.161. The van der Waals surface area contributed by atoms with Gasteiger partial charge in [-0.2, -0.15) is 0 Å². The van der Waals surface area contributed by atoms with Crippen LogP contribution in [0.3, 0.4) is 0 Å². The van der Waals surface area contributed by atoms with Crippen LogP contribution in [0.4, 0.5) is 14.9 Å². The van der Waals surface area contributed by atoms with E-state index in [1.54, 1.807) is 6.92 Å². The van der Waals surface area contributed by atoms with E-state index in [1.807, 2.05) is 0 Å². The zero-order valence-corrected chi connectivity index (χ0v) is 11.3. The fourth-order valence-corrected chi connectivity index (χ4v) is 1.78. The number of benzene rings is 1. The number of urea groups is 1. The van der Waals surface area contributed by atoms with Gasteiger partial charge in [0.1, 0.15) is 6.04 Å². The molecule has 1 rings (SSSR count). The summed E-state index contributed by atoms with van der Waals surface area (Å²) in [5.74, 6) is -1.93. The molecule has 0 saturated heterocycles. The average Bonchev–Trinajstić information content (AvgIpc) is 2.32. The fourth-order valence-electron chi connectivity index (χ4n) is 1.29. The number of amides is 2. The van der Waals surface area contributed by atoms with Crippen LogP contribution in [-0.4, -0.2) is 23.1 Å². The number of halogens is 3. The summed E-state index contributed by atoms with van der Waals surface area (Å²) in [5, 5.41) is 12.9. The lowest BCUT2D eigenvalue weighted by Gasteiger charge is -2.13. The lowest BCUT2D eigenvalue weighted by atomic mass is 10.2. The normalized spacial score (nSPS) is 11.8. The SMILES string of the molecule is CC[C@H](NC(=O)Nc1cc(Cl)c(F)c(Cl)c1)C(=O)O. The van der Waals surface area contributed by atoms with Crippen LogP contribution in [0, 0.1) is 5.82 Å². The van der Waals surface area contributed by atoms with Gasteiger partial charge in [0.25, 0.3) is 0 Å². The first kappa shape index (κ1) is 15.5. The van der Waals surface area contributed by atoms with Crippen molar-refractivity contribution < 1.29 is 19.1 Å². The van der Waals surface area contributed by atoms with Crippen LogP contribution in [0.1, 0.15) is 13.3 Å². The van der Waals surface area contributed by atoms with E-state index >= 15 is 0 Å². The van der Waals surface area contributed by atoms with Crippen LogP contribution < -0.4 is 10.6 Å². The van der Waals surface area contributed by atoms with Gasteiger partial charge in [-0.05, 0) is 18.6 Å². The van der Waals surface area contributed by atoms with Gasteiger partial charge < -0.3 is 15.7 Å². The van der Waals surface area contributed by atoms with Crippen molar-refractivity contribution in [3.8, 4) is 0 Å². The van der Waals surface area contributed by atoms with Crippen molar-refractivity contribution in [1.29, 1.82) is 0 Å². The molecule has 8 heteroatoms. The van der Waals surface area contributed by atoms with Gasteiger partial charge in [0.05, 0.1) is 10.0 Å². The number of carboxylic acids is 1. The van der Waals surface area contributed by atoms with Crippen molar-refractivity contribution in [1.82, 2.24) is 5.32 Å². The Hall–Kier alpha value is -1.53. The quantitative estimate of drug-likeness (QED) is 0.748. The van der Waals surface area contributed by atoms with Crippen molar-refractivity contribution in [2.24, 2.45) is 0 Å². The number of hydrogen-bond acceptors (Lipinski definition) is 2. The van der Waals surface area contributed by atoms with E-state index in [0.717, 1.165) is 0 Å². The Morgan fingerprint density at radius 1 is 1.37 bits per heavy atom. The molecule has 0 saturated carbocycles. The van der Waals surface area contributed by atoms with Crippen LogP contribution in [-0.2, 0) is 4.79 Å². The molecular formula is C11H11Cl2FN2O3. The molecule has 0 unspecified atom stereocenters. The molecule has 0 aliphatic rings. The second-order valence-corrected chi connectivity index (χ2v) is 4.47. The monoisotopic (exact) mass is 308 g/mol. The number of aliphatic carboxylic acids is 1. The molecule has 0 heterocycles. The first-order chi connectivity index (χ1) is 8.85. The predicted octanol–water partition coefficient (Wildman–Crippen LogP) is 3.12. The molecule has 1 aromatic rings. The maximum atomic E-state index is 13.1. The second kappa shape index (κ2) is 6.58. The molecule has 5 nitrogen and oxygen atoms in total. The van der Waals surface area contributed by atoms with Crippen LogP contribution in [0.15, 0.2) is 12.1 Å². The van der Waals surface area contributed by atoms with Crippen molar-refractivity contribution in [3.63, 3.8) is 0 Å². The highest BCUT2D eigenvalue weighted by Crippen LogP contribution is 2.27. The smallest absolute Gasteiger partial charge is 0.326 e. The molecule has 0 fully saturated rings. The molecule has 19 heavy (non-hydrogen) atoms. The van der Waals surface area contributed by atoms with Crippen LogP contribution in [0.2, 0.25) is 10.0 Å². The van der Waals surface area contributed by atoms with Gasteiger partial charge in [0.2, 0.25) is 0 Å². The predicted molar refractivity (Wildman–Crippen MR) is 70.3 cm³/mol.